The molecule has 0 aromatic heterocycles. The summed E-state index contributed by atoms with van der Waals surface area (Å²) in [5.41, 5.74) is -0.265. The molecule has 0 unspecified atom stereocenters. The van der Waals surface area contributed by atoms with E-state index in [-0.39, 0.29) is 36.4 Å². The van der Waals surface area contributed by atoms with Crippen LogP contribution in [-0.2, 0) is 19.2 Å². The monoisotopic (exact) mass is 392 g/mol. The van der Waals surface area contributed by atoms with E-state index in [1.54, 1.807) is 0 Å². The first-order chi connectivity index (χ1) is 13.2. The number of carbonyl (C=O) groups excluding carboxylic acids is 4. The van der Waals surface area contributed by atoms with E-state index in [1.165, 1.54) is 17.1 Å². The van der Waals surface area contributed by atoms with Gasteiger partial charge in [0.05, 0.1) is 0 Å². The predicted octanol–water partition coefficient (Wildman–Crippen LogP) is 3.26. The van der Waals surface area contributed by atoms with Crippen LogP contribution >= 0.6 is 0 Å². The number of ketones is 1. The van der Waals surface area contributed by atoms with E-state index < -0.39 is 0 Å². The molecular weight excluding hydrogens is 356 g/mol. The van der Waals surface area contributed by atoms with Crippen molar-refractivity contribution in [1.29, 1.82) is 0 Å². The minimum absolute atomic E-state index is 0. The lowest BCUT2D eigenvalue weighted by Gasteiger charge is -2.30. The summed E-state index contributed by atoms with van der Waals surface area (Å²) in [4.78, 5) is 48.8. The van der Waals surface area contributed by atoms with E-state index in [4.69, 9.17) is 0 Å². The maximum atomic E-state index is 12.3. The van der Waals surface area contributed by atoms with Crippen molar-refractivity contribution in [3.63, 3.8) is 0 Å². The van der Waals surface area contributed by atoms with Crippen LogP contribution in [-0.4, -0.2) is 41.5 Å². The standard InChI is InChI=1S/C22H34N2O4.H2/c1-22(2,3)18(25)7-5-4-6-14-23-21(28)17-10-8-16(9-11-17)15-24-19(26)12-13-20(24)27;/h12-13,16-17H,4-11,14-15H2,1-3H3,(H,23,28);1H. The summed E-state index contributed by atoms with van der Waals surface area (Å²) in [6.07, 6.45) is 9.31. The molecule has 0 atom stereocenters. The quantitative estimate of drug-likeness (QED) is 0.482. The normalized spacial score (nSPS) is 22.6. The van der Waals surface area contributed by atoms with Crippen LogP contribution in [0.2, 0.25) is 0 Å². The Bertz CT molecular complexity index is 613. The maximum Gasteiger partial charge on any atom is 0.253 e. The highest BCUT2D eigenvalue weighted by atomic mass is 16.2. The molecule has 0 bridgehead atoms. The molecule has 0 aromatic carbocycles. The van der Waals surface area contributed by atoms with E-state index in [9.17, 15) is 19.2 Å². The third-order valence-electron chi connectivity index (χ3n) is 5.78. The van der Waals surface area contributed by atoms with Gasteiger partial charge in [-0.25, -0.2) is 0 Å². The van der Waals surface area contributed by atoms with Crippen LogP contribution < -0.4 is 5.32 Å². The highest BCUT2D eigenvalue weighted by molar-refractivity contribution is 6.12. The molecule has 0 saturated heterocycles. The zero-order valence-electron chi connectivity index (χ0n) is 17.5. The van der Waals surface area contributed by atoms with Gasteiger partial charge < -0.3 is 5.32 Å². The zero-order valence-corrected chi connectivity index (χ0v) is 17.5. The molecule has 1 heterocycles. The number of Topliss-reactive ketones (excluding diaryl/α,β-unsaturated/α-hetero) is 1. The molecular formula is C22H36N2O4. The van der Waals surface area contributed by atoms with Crippen LogP contribution in [0.3, 0.4) is 0 Å². The van der Waals surface area contributed by atoms with Gasteiger partial charge in [0.2, 0.25) is 5.91 Å². The lowest BCUT2D eigenvalue weighted by molar-refractivity contribution is -0.138. The first-order valence-corrected chi connectivity index (χ1v) is 10.5. The van der Waals surface area contributed by atoms with Crippen LogP contribution in [0.4, 0.5) is 0 Å². The fourth-order valence-electron chi connectivity index (χ4n) is 3.79. The fourth-order valence-corrected chi connectivity index (χ4v) is 3.79. The first-order valence-electron chi connectivity index (χ1n) is 10.5. The number of rotatable bonds is 9. The molecule has 6 nitrogen and oxygen atoms in total. The molecule has 0 spiro atoms. The predicted molar refractivity (Wildman–Crippen MR) is 109 cm³/mol. The summed E-state index contributed by atoms with van der Waals surface area (Å²) >= 11 is 0. The summed E-state index contributed by atoms with van der Waals surface area (Å²) in [7, 11) is 0. The fraction of sp³-hybridized carbons (Fsp3) is 0.727. The van der Waals surface area contributed by atoms with Crippen LogP contribution in [0.5, 0.6) is 0 Å². The third kappa shape index (κ3) is 6.57. The van der Waals surface area contributed by atoms with Gasteiger partial charge in [0, 0.05) is 44.4 Å². The van der Waals surface area contributed by atoms with Gasteiger partial charge in [-0.05, 0) is 44.4 Å². The molecule has 0 aromatic rings. The molecule has 28 heavy (non-hydrogen) atoms. The largest absolute Gasteiger partial charge is 0.356 e. The molecule has 158 valence electrons. The minimum atomic E-state index is -0.265. The highest BCUT2D eigenvalue weighted by Gasteiger charge is 2.31. The van der Waals surface area contributed by atoms with Crippen molar-refractivity contribution in [2.45, 2.75) is 72.1 Å². The van der Waals surface area contributed by atoms with E-state index in [0.717, 1.165) is 44.9 Å². The number of hydrogen-bond donors (Lipinski definition) is 1. The number of carbonyl (C=O) groups is 4. The summed E-state index contributed by atoms with van der Waals surface area (Å²) < 4.78 is 0. The molecule has 1 fully saturated rings. The van der Waals surface area contributed by atoms with E-state index in [2.05, 4.69) is 5.32 Å². The van der Waals surface area contributed by atoms with E-state index in [1.807, 2.05) is 20.8 Å². The number of imide groups is 1. The van der Waals surface area contributed by atoms with Gasteiger partial charge in [0.1, 0.15) is 5.78 Å². The Morgan fingerprint density at radius 2 is 1.64 bits per heavy atom. The Morgan fingerprint density at radius 1 is 1.04 bits per heavy atom. The van der Waals surface area contributed by atoms with Gasteiger partial charge >= 0.3 is 0 Å². The Morgan fingerprint density at radius 3 is 2.21 bits per heavy atom. The van der Waals surface area contributed by atoms with Crippen molar-refractivity contribution in [2.75, 3.05) is 13.1 Å². The molecule has 3 amide bonds. The van der Waals surface area contributed by atoms with Crippen LogP contribution in [0.15, 0.2) is 12.2 Å². The average Bonchev–Trinajstić information content (AvgIpc) is 2.96. The zero-order chi connectivity index (χ0) is 20.7. The lowest BCUT2D eigenvalue weighted by atomic mass is 9.81. The smallest absolute Gasteiger partial charge is 0.253 e. The summed E-state index contributed by atoms with van der Waals surface area (Å²) in [5.74, 6) is 0.266. The molecule has 2 rings (SSSR count). The molecule has 1 aliphatic heterocycles. The molecule has 1 aliphatic carbocycles. The van der Waals surface area contributed by atoms with E-state index in [0.29, 0.717) is 25.3 Å². The number of nitrogens with zero attached hydrogens (tertiary/aromatic N) is 1. The summed E-state index contributed by atoms with van der Waals surface area (Å²) in [5, 5.41) is 3.02. The maximum absolute atomic E-state index is 12.3. The van der Waals surface area contributed by atoms with Crippen molar-refractivity contribution in [1.82, 2.24) is 10.2 Å². The van der Waals surface area contributed by atoms with Gasteiger partial charge in [0.15, 0.2) is 0 Å². The summed E-state index contributed by atoms with van der Waals surface area (Å²) in [6.45, 7) is 6.96. The Kier molecular flexibility index (Phi) is 7.96. The van der Waals surface area contributed by atoms with Gasteiger partial charge in [-0.1, -0.05) is 27.2 Å². The van der Waals surface area contributed by atoms with Crippen molar-refractivity contribution in [3.8, 4) is 0 Å². The molecule has 0 radical (unpaired) electrons. The average molecular weight is 393 g/mol. The first kappa shape index (κ1) is 22.3. The molecule has 1 saturated carbocycles. The lowest BCUT2D eigenvalue weighted by Crippen LogP contribution is -2.38. The highest BCUT2D eigenvalue weighted by Crippen LogP contribution is 2.30. The van der Waals surface area contributed by atoms with Crippen molar-refractivity contribution in [2.24, 2.45) is 17.3 Å². The SMILES string of the molecule is CC(C)(C)C(=O)CCCCCNC(=O)C1CCC(CN2C(=O)C=CC2=O)CC1.[HH]. The second-order valence-electron chi connectivity index (χ2n) is 9.11. The second-order valence-corrected chi connectivity index (χ2v) is 9.11. The van der Waals surface area contributed by atoms with E-state index >= 15 is 0 Å². The number of nitrogens with one attached hydrogen (secondary N) is 1. The van der Waals surface area contributed by atoms with Crippen molar-refractivity contribution >= 4 is 23.5 Å². The van der Waals surface area contributed by atoms with Crippen molar-refractivity contribution in [3.05, 3.63) is 12.2 Å². The third-order valence-corrected chi connectivity index (χ3v) is 5.78. The number of amides is 3. The Balaban J connectivity index is 0.00000420. The van der Waals surface area contributed by atoms with Gasteiger partial charge in [0.25, 0.3) is 11.8 Å². The van der Waals surface area contributed by atoms with Gasteiger partial charge in [-0.15, -0.1) is 0 Å². The second kappa shape index (κ2) is 9.99. The van der Waals surface area contributed by atoms with Crippen LogP contribution in [0.25, 0.3) is 0 Å². The number of unbranched alkanes of at least 4 members (excludes halogenated alkanes) is 2. The van der Waals surface area contributed by atoms with Crippen molar-refractivity contribution < 1.29 is 20.6 Å². The Hall–Kier alpha value is -1.98. The van der Waals surface area contributed by atoms with Crippen LogP contribution in [0.1, 0.15) is 73.6 Å². The Labute approximate surface area is 169 Å². The topological polar surface area (TPSA) is 83.6 Å². The number of hydrogen-bond acceptors (Lipinski definition) is 4. The molecule has 1 N–H and O–H groups in total. The molecule has 6 heteroatoms. The van der Waals surface area contributed by atoms with Crippen LogP contribution in [0, 0.1) is 17.3 Å². The summed E-state index contributed by atoms with van der Waals surface area (Å²) in [6, 6.07) is 0. The minimum Gasteiger partial charge on any atom is -0.356 e. The molecule has 2 aliphatic rings. The van der Waals surface area contributed by atoms with Gasteiger partial charge in [-0.2, -0.15) is 0 Å². The van der Waals surface area contributed by atoms with Gasteiger partial charge in [-0.3, -0.25) is 24.1 Å².